The highest BCUT2D eigenvalue weighted by atomic mass is 14.9. The van der Waals surface area contributed by atoms with Crippen molar-refractivity contribution in [3.8, 4) is 0 Å². The lowest BCUT2D eigenvalue weighted by atomic mass is 10.1. The molecule has 0 amide bonds. The van der Waals surface area contributed by atoms with Gasteiger partial charge in [0.1, 0.15) is 0 Å². The van der Waals surface area contributed by atoms with Crippen LogP contribution in [0.4, 0.5) is 0 Å². The summed E-state index contributed by atoms with van der Waals surface area (Å²) in [4.78, 5) is 4.11. The SMILES string of the molecule is CC(NCCc1cccnc1)c1ccccc1. The van der Waals surface area contributed by atoms with Crippen LogP contribution in [0.5, 0.6) is 0 Å². The number of benzene rings is 1. The monoisotopic (exact) mass is 226 g/mol. The van der Waals surface area contributed by atoms with Crippen molar-refractivity contribution >= 4 is 0 Å². The Morgan fingerprint density at radius 1 is 1.12 bits per heavy atom. The minimum absolute atomic E-state index is 0.396. The molecule has 0 aliphatic rings. The van der Waals surface area contributed by atoms with Crippen LogP contribution in [0.15, 0.2) is 54.9 Å². The number of hydrogen-bond acceptors (Lipinski definition) is 2. The molecule has 0 spiro atoms. The molecule has 1 unspecified atom stereocenters. The van der Waals surface area contributed by atoms with E-state index in [-0.39, 0.29) is 0 Å². The fraction of sp³-hybridized carbons (Fsp3) is 0.267. The molecule has 2 rings (SSSR count). The van der Waals surface area contributed by atoms with Crippen molar-refractivity contribution in [3.63, 3.8) is 0 Å². The Balaban J connectivity index is 1.79. The second kappa shape index (κ2) is 6.16. The first-order valence-corrected chi connectivity index (χ1v) is 6.03. The molecule has 2 aromatic rings. The average molecular weight is 226 g/mol. The number of aromatic nitrogens is 1. The van der Waals surface area contributed by atoms with Crippen LogP contribution < -0.4 is 5.32 Å². The standard InChI is InChI=1S/C15H18N2/c1-13(15-7-3-2-4-8-15)17-11-9-14-6-5-10-16-12-14/h2-8,10,12-13,17H,9,11H2,1H3. The number of rotatable bonds is 5. The first kappa shape index (κ1) is 11.8. The summed E-state index contributed by atoms with van der Waals surface area (Å²) in [5.74, 6) is 0. The maximum absolute atomic E-state index is 4.11. The van der Waals surface area contributed by atoms with Gasteiger partial charge in [-0.1, -0.05) is 36.4 Å². The summed E-state index contributed by atoms with van der Waals surface area (Å²) in [6, 6.07) is 15.0. The summed E-state index contributed by atoms with van der Waals surface area (Å²) in [6.07, 6.45) is 4.75. The first-order chi connectivity index (χ1) is 8.36. The zero-order chi connectivity index (χ0) is 11.9. The van der Waals surface area contributed by atoms with Gasteiger partial charge >= 0.3 is 0 Å². The Kier molecular flexibility index (Phi) is 4.28. The molecule has 0 saturated heterocycles. The molecule has 88 valence electrons. The second-order valence-corrected chi connectivity index (χ2v) is 4.20. The van der Waals surface area contributed by atoms with Crippen molar-refractivity contribution < 1.29 is 0 Å². The van der Waals surface area contributed by atoms with Crippen LogP contribution in [-0.2, 0) is 6.42 Å². The van der Waals surface area contributed by atoms with Gasteiger partial charge in [-0.25, -0.2) is 0 Å². The van der Waals surface area contributed by atoms with E-state index in [9.17, 15) is 0 Å². The van der Waals surface area contributed by atoms with Gasteiger partial charge in [0.15, 0.2) is 0 Å². The summed E-state index contributed by atoms with van der Waals surface area (Å²) in [5.41, 5.74) is 2.61. The Labute approximate surface area is 103 Å². The predicted molar refractivity (Wildman–Crippen MR) is 70.8 cm³/mol. The maximum atomic E-state index is 4.11. The normalized spacial score (nSPS) is 12.3. The molecule has 0 saturated carbocycles. The molecule has 0 aliphatic heterocycles. The van der Waals surface area contributed by atoms with Gasteiger partial charge in [0.2, 0.25) is 0 Å². The van der Waals surface area contributed by atoms with Crippen molar-refractivity contribution in [3.05, 3.63) is 66.0 Å². The van der Waals surface area contributed by atoms with Crippen LogP contribution in [0.3, 0.4) is 0 Å². The van der Waals surface area contributed by atoms with Gasteiger partial charge in [0.05, 0.1) is 0 Å². The quantitative estimate of drug-likeness (QED) is 0.847. The van der Waals surface area contributed by atoms with Gasteiger partial charge in [0, 0.05) is 18.4 Å². The number of hydrogen-bond donors (Lipinski definition) is 1. The minimum Gasteiger partial charge on any atom is -0.310 e. The zero-order valence-electron chi connectivity index (χ0n) is 10.1. The molecule has 1 atom stereocenters. The Hall–Kier alpha value is -1.67. The van der Waals surface area contributed by atoms with Gasteiger partial charge in [-0.3, -0.25) is 4.98 Å². The van der Waals surface area contributed by atoms with Crippen LogP contribution >= 0.6 is 0 Å². The Bertz CT molecular complexity index is 425. The van der Waals surface area contributed by atoms with Crippen molar-refractivity contribution in [2.45, 2.75) is 19.4 Å². The molecule has 17 heavy (non-hydrogen) atoms. The Morgan fingerprint density at radius 3 is 2.65 bits per heavy atom. The van der Waals surface area contributed by atoms with E-state index < -0.39 is 0 Å². The lowest BCUT2D eigenvalue weighted by molar-refractivity contribution is 0.576. The summed E-state index contributed by atoms with van der Waals surface area (Å²) >= 11 is 0. The molecule has 2 heteroatoms. The third-order valence-electron chi connectivity index (χ3n) is 2.89. The summed E-state index contributed by atoms with van der Waals surface area (Å²) < 4.78 is 0. The molecule has 1 heterocycles. The van der Waals surface area contributed by atoms with E-state index in [1.54, 1.807) is 0 Å². The van der Waals surface area contributed by atoms with E-state index in [1.165, 1.54) is 11.1 Å². The largest absolute Gasteiger partial charge is 0.310 e. The van der Waals surface area contributed by atoms with Crippen molar-refractivity contribution in [2.24, 2.45) is 0 Å². The molecule has 0 aliphatic carbocycles. The van der Waals surface area contributed by atoms with Gasteiger partial charge in [-0.2, -0.15) is 0 Å². The van der Waals surface area contributed by atoms with Crippen LogP contribution in [0.1, 0.15) is 24.1 Å². The zero-order valence-corrected chi connectivity index (χ0v) is 10.1. The van der Waals surface area contributed by atoms with Crippen LogP contribution in [0.2, 0.25) is 0 Å². The maximum Gasteiger partial charge on any atom is 0.0300 e. The van der Waals surface area contributed by atoms with E-state index >= 15 is 0 Å². The van der Waals surface area contributed by atoms with Gasteiger partial charge in [0.25, 0.3) is 0 Å². The predicted octanol–water partition coefficient (Wildman–Crippen LogP) is 2.97. The fourth-order valence-corrected chi connectivity index (χ4v) is 1.84. The molecular formula is C15H18N2. The molecular weight excluding hydrogens is 208 g/mol. The van der Waals surface area contributed by atoms with Gasteiger partial charge in [-0.15, -0.1) is 0 Å². The van der Waals surface area contributed by atoms with E-state index in [0.29, 0.717) is 6.04 Å². The van der Waals surface area contributed by atoms with E-state index in [0.717, 1.165) is 13.0 Å². The molecule has 2 nitrogen and oxygen atoms in total. The molecule has 1 aromatic carbocycles. The average Bonchev–Trinajstić information content (AvgIpc) is 2.41. The lowest BCUT2D eigenvalue weighted by Gasteiger charge is -2.13. The third kappa shape index (κ3) is 3.68. The first-order valence-electron chi connectivity index (χ1n) is 6.03. The lowest BCUT2D eigenvalue weighted by Crippen LogP contribution is -2.21. The highest BCUT2D eigenvalue weighted by Gasteiger charge is 2.02. The van der Waals surface area contributed by atoms with Crippen LogP contribution in [0, 0.1) is 0 Å². The Morgan fingerprint density at radius 2 is 1.94 bits per heavy atom. The van der Waals surface area contributed by atoms with Gasteiger partial charge in [-0.05, 0) is 37.1 Å². The van der Waals surface area contributed by atoms with Crippen molar-refractivity contribution in [1.29, 1.82) is 0 Å². The topological polar surface area (TPSA) is 24.9 Å². The summed E-state index contributed by atoms with van der Waals surface area (Å²) in [6.45, 7) is 3.17. The summed E-state index contributed by atoms with van der Waals surface area (Å²) in [7, 11) is 0. The van der Waals surface area contributed by atoms with Crippen LogP contribution in [0.25, 0.3) is 0 Å². The van der Waals surface area contributed by atoms with E-state index in [4.69, 9.17) is 0 Å². The number of pyridine rings is 1. The van der Waals surface area contributed by atoms with E-state index in [1.807, 2.05) is 24.5 Å². The van der Waals surface area contributed by atoms with Crippen molar-refractivity contribution in [2.75, 3.05) is 6.54 Å². The molecule has 0 bridgehead atoms. The highest BCUT2D eigenvalue weighted by molar-refractivity contribution is 5.18. The molecule has 1 aromatic heterocycles. The minimum atomic E-state index is 0.396. The second-order valence-electron chi connectivity index (χ2n) is 4.20. The highest BCUT2D eigenvalue weighted by Crippen LogP contribution is 2.10. The number of nitrogens with zero attached hydrogens (tertiary/aromatic N) is 1. The van der Waals surface area contributed by atoms with E-state index in [2.05, 4.69) is 47.6 Å². The molecule has 1 N–H and O–H groups in total. The van der Waals surface area contributed by atoms with Gasteiger partial charge < -0.3 is 5.32 Å². The van der Waals surface area contributed by atoms with Crippen LogP contribution in [-0.4, -0.2) is 11.5 Å². The number of nitrogens with one attached hydrogen (secondary N) is 1. The fourth-order valence-electron chi connectivity index (χ4n) is 1.84. The van der Waals surface area contributed by atoms with Crippen molar-refractivity contribution in [1.82, 2.24) is 10.3 Å². The summed E-state index contributed by atoms with van der Waals surface area (Å²) in [5, 5.41) is 3.52. The third-order valence-corrected chi connectivity index (χ3v) is 2.89. The smallest absolute Gasteiger partial charge is 0.0300 e. The molecule has 0 fully saturated rings. The molecule has 0 radical (unpaired) electrons.